The van der Waals surface area contributed by atoms with E-state index in [0.717, 1.165) is 0 Å². The van der Waals surface area contributed by atoms with Crippen LogP contribution >= 0.6 is 0 Å². The van der Waals surface area contributed by atoms with E-state index in [4.69, 9.17) is 0 Å². The van der Waals surface area contributed by atoms with Crippen molar-refractivity contribution in [3.63, 3.8) is 0 Å². The minimum absolute atomic E-state index is 0.0536. The topological polar surface area (TPSA) is 39.1 Å². The maximum atomic E-state index is 11.4. The molecular weight excluding hydrogens is 154 g/mol. The Kier molecular flexibility index (Phi) is 2.43. The van der Waals surface area contributed by atoms with Crippen LogP contribution in [0.1, 0.15) is 29.1 Å². The molecule has 0 spiro atoms. The molecule has 0 unspecified atom stereocenters. The summed E-state index contributed by atoms with van der Waals surface area (Å²) in [7, 11) is 0. The molecule has 0 aliphatic carbocycles. The number of carbonyl (C=O) groups excluding carboxylic acids is 2. The second-order valence-corrected chi connectivity index (χ2v) is 2.91. The maximum Gasteiger partial charge on any atom is 0.233 e. The zero-order valence-electron chi connectivity index (χ0n) is 7.15. The molecule has 0 bridgehead atoms. The summed E-state index contributed by atoms with van der Waals surface area (Å²) < 4.78 is 1.37. The normalized spacial score (nSPS) is 10.2. The quantitative estimate of drug-likeness (QED) is 0.624. The molecule has 0 radical (unpaired) electrons. The summed E-state index contributed by atoms with van der Waals surface area (Å²) in [6, 6.07) is 3.30. The van der Waals surface area contributed by atoms with Gasteiger partial charge in [0.25, 0.3) is 0 Å². The van der Waals surface area contributed by atoms with Crippen LogP contribution < -0.4 is 0 Å². The summed E-state index contributed by atoms with van der Waals surface area (Å²) in [5.74, 6) is -0.141. The largest absolute Gasteiger partial charge is 0.296 e. The number of nitrogens with zero attached hydrogens (tertiary/aromatic N) is 1. The third-order valence-electron chi connectivity index (χ3n) is 1.63. The standard InChI is InChI=1S/C9H11NO2/c1-7(2)9(12)10-5-3-4-8(10)6-11/h3-7H,1-2H3. The molecule has 64 valence electrons. The summed E-state index contributed by atoms with van der Waals surface area (Å²) >= 11 is 0. The van der Waals surface area contributed by atoms with Gasteiger partial charge in [0.2, 0.25) is 5.91 Å². The molecule has 3 nitrogen and oxygen atoms in total. The number of rotatable bonds is 2. The lowest BCUT2D eigenvalue weighted by Crippen LogP contribution is -2.17. The fourth-order valence-electron chi connectivity index (χ4n) is 0.969. The molecule has 12 heavy (non-hydrogen) atoms. The summed E-state index contributed by atoms with van der Waals surface area (Å²) in [5.41, 5.74) is 0.411. The Labute approximate surface area is 71.0 Å². The summed E-state index contributed by atoms with van der Waals surface area (Å²) in [6.07, 6.45) is 2.28. The number of aldehydes is 1. The van der Waals surface area contributed by atoms with E-state index in [1.807, 2.05) is 0 Å². The van der Waals surface area contributed by atoms with Crippen LogP contribution in [0, 0.1) is 5.92 Å². The molecule has 1 rings (SSSR count). The van der Waals surface area contributed by atoms with E-state index in [1.54, 1.807) is 32.2 Å². The fraction of sp³-hybridized carbons (Fsp3) is 0.333. The third-order valence-corrected chi connectivity index (χ3v) is 1.63. The highest BCUT2D eigenvalue weighted by atomic mass is 16.2. The van der Waals surface area contributed by atoms with Gasteiger partial charge in [0.05, 0.1) is 5.69 Å². The third kappa shape index (κ3) is 1.44. The first-order valence-electron chi connectivity index (χ1n) is 3.83. The van der Waals surface area contributed by atoms with Crippen LogP contribution in [0.5, 0.6) is 0 Å². The molecule has 0 amide bonds. The predicted molar refractivity (Wildman–Crippen MR) is 45.3 cm³/mol. The van der Waals surface area contributed by atoms with Crippen molar-refractivity contribution in [1.29, 1.82) is 0 Å². The van der Waals surface area contributed by atoms with Crippen LogP contribution in [0.4, 0.5) is 0 Å². The van der Waals surface area contributed by atoms with E-state index in [2.05, 4.69) is 0 Å². The first-order chi connectivity index (χ1) is 5.66. The summed E-state index contributed by atoms with van der Waals surface area (Å²) in [5, 5.41) is 0. The molecule has 3 heteroatoms. The van der Waals surface area contributed by atoms with E-state index in [1.165, 1.54) is 4.57 Å². The van der Waals surface area contributed by atoms with Gasteiger partial charge < -0.3 is 0 Å². The highest BCUT2D eigenvalue weighted by molar-refractivity contribution is 5.87. The second-order valence-electron chi connectivity index (χ2n) is 2.91. The Morgan fingerprint density at radius 3 is 2.75 bits per heavy atom. The van der Waals surface area contributed by atoms with Crippen molar-refractivity contribution in [2.45, 2.75) is 13.8 Å². The van der Waals surface area contributed by atoms with Gasteiger partial charge in [0, 0.05) is 12.1 Å². The molecule has 1 aromatic heterocycles. The molecule has 0 saturated carbocycles. The first-order valence-corrected chi connectivity index (χ1v) is 3.83. The number of aromatic nitrogens is 1. The molecule has 1 aromatic rings. The van der Waals surface area contributed by atoms with E-state index in [9.17, 15) is 9.59 Å². The summed E-state index contributed by atoms with van der Waals surface area (Å²) in [6.45, 7) is 3.60. The molecule has 0 N–H and O–H groups in total. The highest BCUT2D eigenvalue weighted by Crippen LogP contribution is 2.04. The van der Waals surface area contributed by atoms with Gasteiger partial charge >= 0.3 is 0 Å². The molecule has 0 saturated heterocycles. The number of hydrogen-bond donors (Lipinski definition) is 0. The number of hydrogen-bond acceptors (Lipinski definition) is 2. The fourth-order valence-corrected chi connectivity index (χ4v) is 0.969. The van der Waals surface area contributed by atoms with Gasteiger partial charge in [-0.3, -0.25) is 14.2 Å². The Hall–Kier alpha value is -1.38. The lowest BCUT2D eigenvalue weighted by molar-refractivity contribution is 0.0846. The molecule has 0 aliphatic rings. The Morgan fingerprint density at radius 2 is 2.25 bits per heavy atom. The second kappa shape index (κ2) is 3.34. The van der Waals surface area contributed by atoms with Gasteiger partial charge in [-0.15, -0.1) is 0 Å². The Morgan fingerprint density at radius 1 is 1.58 bits per heavy atom. The lowest BCUT2D eigenvalue weighted by Gasteiger charge is -2.05. The van der Waals surface area contributed by atoms with Gasteiger partial charge in [-0.05, 0) is 12.1 Å². The van der Waals surface area contributed by atoms with Crippen molar-refractivity contribution >= 4 is 12.2 Å². The van der Waals surface area contributed by atoms with Gasteiger partial charge in [-0.25, -0.2) is 0 Å². The molecule has 0 atom stereocenters. The average Bonchev–Trinajstić information content (AvgIpc) is 2.49. The predicted octanol–water partition coefficient (Wildman–Crippen LogP) is 1.60. The molecule has 0 aliphatic heterocycles. The highest BCUT2D eigenvalue weighted by Gasteiger charge is 2.11. The van der Waals surface area contributed by atoms with Crippen LogP contribution in [0.15, 0.2) is 18.3 Å². The average molecular weight is 165 g/mol. The summed E-state index contributed by atoms with van der Waals surface area (Å²) in [4.78, 5) is 21.8. The molecule has 0 fully saturated rings. The van der Waals surface area contributed by atoms with Crippen LogP contribution in [-0.2, 0) is 0 Å². The van der Waals surface area contributed by atoms with Crippen LogP contribution in [0.25, 0.3) is 0 Å². The van der Waals surface area contributed by atoms with Crippen LogP contribution in [0.2, 0.25) is 0 Å². The van der Waals surface area contributed by atoms with Gasteiger partial charge in [-0.2, -0.15) is 0 Å². The van der Waals surface area contributed by atoms with E-state index in [0.29, 0.717) is 12.0 Å². The Bertz CT molecular complexity index is 299. The Balaban J connectivity index is 3.01. The molecule has 0 aromatic carbocycles. The maximum absolute atomic E-state index is 11.4. The van der Waals surface area contributed by atoms with E-state index < -0.39 is 0 Å². The van der Waals surface area contributed by atoms with E-state index in [-0.39, 0.29) is 11.8 Å². The minimum Gasteiger partial charge on any atom is -0.296 e. The monoisotopic (exact) mass is 165 g/mol. The minimum atomic E-state index is -0.0869. The van der Waals surface area contributed by atoms with Gasteiger partial charge in [0.15, 0.2) is 6.29 Å². The molecule has 1 heterocycles. The van der Waals surface area contributed by atoms with Crippen molar-refractivity contribution in [1.82, 2.24) is 4.57 Å². The lowest BCUT2D eigenvalue weighted by atomic mass is 10.2. The van der Waals surface area contributed by atoms with Crippen molar-refractivity contribution in [3.05, 3.63) is 24.0 Å². The van der Waals surface area contributed by atoms with E-state index >= 15 is 0 Å². The van der Waals surface area contributed by atoms with Crippen molar-refractivity contribution in [2.24, 2.45) is 5.92 Å². The SMILES string of the molecule is CC(C)C(=O)n1cccc1C=O. The van der Waals surface area contributed by atoms with Crippen LogP contribution in [-0.4, -0.2) is 16.8 Å². The smallest absolute Gasteiger partial charge is 0.233 e. The van der Waals surface area contributed by atoms with Crippen molar-refractivity contribution in [2.75, 3.05) is 0 Å². The van der Waals surface area contributed by atoms with Crippen LogP contribution in [0.3, 0.4) is 0 Å². The molecular formula is C9H11NO2. The van der Waals surface area contributed by atoms with Crippen molar-refractivity contribution < 1.29 is 9.59 Å². The number of carbonyl (C=O) groups is 2. The van der Waals surface area contributed by atoms with Gasteiger partial charge in [-0.1, -0.05) is 13.8 Å². The first kappa shape index (κ1) is 8.71. The van der Waals surface area contributed by atoms with Crippen molar-refractivity contribution in [3.8, 4) is 0 Å². The zero-order valence-corrected chi connectivity index (χ0v) is 7.15. The zero-order chi connectivity index (χ0) is 9.14. The van der Waals surface area contributed by atoms with Gasteiger partial charge in [0.1, 0.15) is 0 Å².